The summed E-state index contributed by atoms with van der Waals surface area (Å²) in [7, 11) is 0. The second-order valence-corrected chi connectivity index (χ2v) is 6.13. The van der Waals surface area contributed by atoms with E-state index in [4.69, 9.17) is 5.11 Å². The summed E-state index contributed by atoms with van der Waals surface area (Å²) in [6.45, 7) is 7.16. The van der Waals surface area contributed by atoms with E-state index in [0.717, 1.165) is 18.7 Å². The number of aromatic carboxylic acids is 1. The fourth-order valence-corrected chi connectivity index (χ4v) is 2.49. The highest BCUT2D eigenvalue weighted by Crippen LogP contribution is 2.14. The van der Waals surface area contributed by atoms with Crippen LogP contribution in [0.1, 0.15) is 81.9 Å². The molecule has 0 spiro atoms. The van der Waals surface area contributed by atoms with Gasteiger partial charge in [-0.15, -0.1) is 5.10 Å². The largest absolute Gasteiger partial charge is 0.476 e. The molecule has 0 unspecified atom stereocenters. The third-order valence-electron chi connectivity index (χ3n) is 3.62. The van der Waals surface area contributed by atoms with E-state index < -0.39 is 5.97 Å². The lowest BCUT2D eigenvalue weighted by Gasteiger charge is -2.09. The van der Waals surface area contributed by atoms with Crippen LogP contribution in [0, 0.1) is 5.92 Å². The summed E-state index contributed by atoms with van der Waals surface area (Å²) in [6.07, 6.45) is 9.39. The second-order valence-electron chi connectivity index (χ2n) is 6.13. The predicted molar refractivity (Wildman–Crippen MR) is 83.5 cm³/mol. The molecule has 0 saturated heterocycles. The molecule has 0 aliphatic carbocycles. The van der Waals surface area contributed by atoms with Crippen molar-refractivity contribution in [1.29, 1.82) is 0 Å². The molecule has 5 nitrogen and oxygen atoms in total. The van der Waals surface area contributed by atoms with Crippen LogP contribution in [0.3, 0.4) is 0 Å². The Morgan fingerprint density at radius 2 is 1.76 bits per heavy atom. The fourth-order valence-electron chi connectivity index (χ4n) is 2.49. The van der Waals surface area contributed by atoms with Gasteiger partial charge in [-0.2, -0.15) is 0 Å². The SMILES string of the molecule is CCCCCCCCCn1nnc(C(=O)O)c1CC(C)C. The highest BCUT2D eigenvalue weighted by molar-refractivity contribution is 5.86. The second kappa shape index (κ2) is 9.53. The summed E-state index contributed by atoms with van der Waals surface area (Å²) in [5.74, 6) is -0.578. The molecule has 0 fully saturated rings. The van der Waals surface area contributed by atoms with Gasteiger partial charge >= 0.3 is 5.97 Å². The number of aromatic nitrogens is 3. The van der Waals surface area contributed by atoms with Gasteiger partial charge in [-0.3, -0.25) is 0 Å². The third kappa shape index (κ3) is 6.27. The van der Waals surface area contributed by atoms with Crippen LogP contribution < -0.4 is 0 Å². The summed E-state index contributed by atoms with van der Waals surface area (Å²) >= 11 is 0. The average molecular weight is 295 g/mol. The number of unbranched alkanes of at least 4 members (excludes halogenated alkanes) is 6. The van der Waals surface area contributed by atoms with Gasteiger partial charge < -0.3 is 5.11 Å². The van der Waals surface area contributed by atoms with E-state index in [1.165, 1.54) is 38.5 Å². The predicted octanol–water partition coefficient (Wildman–Crippen LogP) is 3.93. The molecule has 0 atom stereocenters. The normalized spacial score (nSPS) is 11.2. The number of hydrogen-bond acceptors (Lipinski definition) is 3. The minimum absolute atomic E-state index is 0.117. The van der Waals surface area contributed by atoms with E-state index in [1.54, 1.807) is 4.68 Å². The lowest BCUT2D eigenvalue weighted by molar-refractivity contribution is 0.0689. The molecular formula is C16H29N3O2. The number of carbonyl (C=O) groups is 1. The minimum Gasteiger partial charge on any atom is -0.476 e. The van der Waals surface area contributed by atoms with Crippen molar-refractivity contribution in [2.75, 3.05) is 0 Å². The monoisotopic (exact) mass is 295 g/mol. The number of carboxylic acids is 1. The van der Waals surface area contributed by atoms with E-state index >= 15 is 0 Å². The van der Waals surface area contributed by atoms with Crippen molar-refractivity contribution in [1.82, 2.24) is 15.0 Å². The van der Waals surface area contributed by atoms with Crippen molar-refractivity contribution >= 4 is 5.97 Å². The number of nitrogens with zero attached hydrogens (tertiary/aromatic N) is 3. The molecule has 1 N–H and O–H groups in total. The molecule has 1 aromatic heterocycles. The summed E-state index contributed by atoms with van der Waals surface area (Å²) < 4.78 is 1.79. The van der Waals surface area contributed by atoms with E-state index in [-0.39, 0.29) is 5.69 Å². The summed E-state index contributed by atoms with van der Waals surface area (Å²) in [5.41, 5.74) is 0.884. The maximum atomic E-state index is 11.2. The minimum atomic E-state index is -0.975. The summed E-state index contributed by atoms with van der Waals surface area (Å²) in [4.78, 5) is 11.2. The zero-order valence-corrected chi connectivity index (χ0v) is 13.6. The van der Waals surface area contributed by atoms with Gasteiger partial charge in [0.25, 0.3) is 0 Å². The van der Waals surface area contributed by atoms with Crippen molar-refractivity contribution in [3.05, 3.63) is 11.4 Å². The van der Waals surface area contributed by atoms with Crippen LogP contribution in [0.2, 0.25) is 0 Å². The Labute approximate surface area is 127 Å². The lowest BCUT2D eigenvalue weighted by atomic mass is 10.1. The zero-order valence-electron chi connectivity index (χ0n) is 13.6. The van der Waals surface area contributed by atoms with Crippen LogP contribution in [0.15, 0.2) is 0 Å². The van der Waals surface area contributed by atoms with Crippen molar-refractivity contribution in [3.8, 4) is 0 Å². The molecule has 0 saturated carbocycles. The van der Waals surface area contributed by atoms with Gasteiger partial charge in [0.05, 0.1) is 5.69 Å². The van der Waals surface area contributed by atoms with Gasteiger partial charge in [-0.25, -0.2) is 9.48 Å². The van der Waals surface area contributed by atoms with Crippen molar-refractivity contribution in [2.24, 2.45) is 5.92 Å². The Hall–Kier alpha value is -1.39. The number of aryl methyl sites for hydroxylation is 1. The molecule has 0 radical (unpaired) electrons. The Morgan fingerprint density at radius 3 is 2.33 bits per heavy atom. The molecule has 1 aromatic rings. The number of hydrogen-bond donors (Lipinski definition) is 1. The van der Waals surface area contributed by atoms with Crippen LogP contribution in [0.4, 0.5) is 0 Å². The molecule has 1 rings (SSSR count). The zero-order chi connectivity index (χ0) is 15.7. The van der Waals surface area contributed by atoms with Crippen LogP contribution in [0.25, 0.3) is 0 Å². The lowest BCUT2D eigenvalue weighted by Crippen LogP contribution is -2.11. The van der Waals surface area contributed by atoms with Crippen molar-refractivity contribution < 1.29 is 9.90 Å². The maximum Gasteiger partial charge on any atom is 0.358 e. The van der Waals surface area contributed by atoms with Crippen molar-refractivity contribution in [3.63, 3.8) is 0 Å². The van der Waals surface area contributed by atoms with E-state index in [2.05, 4.69) is 31.1 Å². The molecule has 0 aliphatic heterocycles. The molecule has 0 bridgehead atoms. The Balaban J connectivity index is 2.45. The quantitative estimate of drug-likeness (QED) is 0.628. The number of carboxylic acid groups (broad SMARTS) is 1. The topological polar surface area (TPSA) is 68.0 Å². The highest BCUT2D eigenvalue weighted by Gasteiger charge is 2.19. The van der Waals surface area contributed by atoms with Gasteiger partial charge in [0.1, 0.15) is 0 Å². The van der Waals surface area contributed by atoms with Gasteiger partial charge in [0.15, 0.2) is 5.69 Å². The molecule has 5 heteroatoms. The van der Waals surface area contributed by atoms with Crippen LogP contribution in [0.5, 0.6) is 0 Å². The first kappa shape index (κ1) is 17.7. The maximum absolute atomic E-state index is 11.2. The molecule has 0 amide bonds. The van der Waals surface area contributed by atoms with Crippen LogP contribution >= 0.6 is 0 Å². The smallest absolute Gasteiger partial charge is 0.358 e. The molecule has 0 aromatic carbocycles. The van der Waals surface area contributed by atoms with Gasteiger partial charge in [-0.1, -0.05) is 64.5 Å². The molecule has 120 valence electrons. The molecular weight excluding hydrogens is 266 g/mol. The van der Waals surface area contributed by atoms with Crippen LogP contribution in [-0.2, 0) is 13.0 Å². The Morgan fingerprint density at radius 1 is 1.14 bits per heavy atom. The van der Waals surface area contributed by atoms with E-state index in [9.17, 15) is 4.79 Å². The summed E-state index contributed by atoms with van der Waals surface area (Å²) in [6, 6.07) is 0. The summed E-state index contributed by atoms with van der Waals surface area (Å²) in [5, 5.41) is 17.0. The van der Waals surface area contributed by atoms with E-state index in [0.29, 0.717) is 12.3 Å². The molecule has 1 heterocycles. The fraction of sp³-hybridized carbons (Fsp3) is 0.812. The molecule has 21 heavy (non-hydrogen) atoms. The Kier molecular flexibility index (Phi) is 8.01. The Bertz CT molecular complexity index is 427. The molecule has 0 aliphatic rings. The standard InChI is InChI=1S/C16H29N3O2/c1-4-5-6-7-8-9-10-11-19-14(12-13(2)3)15(16(20)21)17-18-19/h13H,4-12H2,1-3H3,(H,20,21). The first-order chi connectivity index (χ1) is 10.1. The van der Waals surface area contributed by atoms with Gasteiger partial charge in [0, 0.05) is 6.54 Å². The number of rotatable bonds is 11. The van der Waals surface area contributed by atoms with E-state index in [1.807, 2.05) is 0 Å². The third-order valence-corrected chi connectivity index (χ3v) is 3.62. The van der Waals surface area contributed by atoms with Gasteiger partial charge in [0.2, 0.25) is 0 Å². The first-order valence-electron chi connectivity index (χ1n) is 8.21. The first-order valence-corrected chi connectivity index (χ1v) is 8.21. The van der Waals surface area contributed by atoms with Gasteiger partial charge in [-0.05, 0) is 18.8 Å². The van der Waals surface area contributed by atoms with Crippen LogP contribution in [-0.4, -0.2) is 26.1 Å². The van der Waals surface area contributed by atoms with Crippen molar-refractivity contribution in [2.45, 2.75) is 78.7 Å². The average Bonchev–Trinajstić information content (AvgIpc) is 2.80. The highest BCUT2D eigenvalue weighted by atomic mass is 16.4.